The summed E-state index contributed by atoms with van der Waals surface area (Å²) in [5.41, 5.74) is -1.16. The van der Waals surface area contributed by atoms with E-state index in [1.54, 1.807) is 0 Å². The van der Waals surface area contributed by atoms with Crippen molar-refractivity contribution in [3.05, 3.63) is 0 Å². The summed E-state index contributed by atoms with van der Waals surface area (Å²) in [5.74, 6) is -0.855. The molecule has 2 aliphatic carbocycles. The van der Waals surface area contributed by atoms with E-state index in [0.29, 0.717) is 25.2 Å². The van der Waals surface area contributed by atoms with Crippen LogP contribution in [0.3, 0.4) is 0 Å². The molecule has 0 aromatic rings. The molecule has 2 saturated carbocycles. The smallest absolute Gasteiger partial charge is 0.329 e. The van der Waals surface area contributed by atoms with E-state index in [1.807, 2.05) is 0 Å². The monoisotopic (exact) mass is 338 g/mol. The zero-order valence-corrected chi connectivity index (χ0v) is 14.4. The number of aliphatic carboxylic acids is 1. The van der Waals surface area contributed by atoms with Crippen molar-refractivity contribution in [3.8, 4) is 0 Å². The molecule has 0 aromatic carbocycles. The summed E-state index contributed by atoms with van der Waals surface area (Å²) < 4.78 is 0. The molecule has 2 rings (SSSR count). The minimum Gasteiger partial charge on any atom is -0.480 e. The van der Waals surface area contributed by atoms with Gasteiger partial charge >= 0.3 is 5.97 Å². The summed E-state index contributed by atoms with van der Waals surface area (Å²) in [6.45, 7) is -0.140. The van der Waals surface area contributed by atoms with Crippen LogP contribution in [0.25, 0.3) is 0 Å². The summed E-state index contributed by atoms with van der Waals surface area (Å²) in [6.07, 6.45) is 10.8. The van der Waals surface area contributed by atoms with Crippen LogP contribution in [0.2, 0.25) is 0 Å². The molecule has 0 heterocycles. The average Bonchev–Trinajstić information content (AvgIpc) is 2.96. The lowest BCUT2D eigenvalue weighted by Crippen LogP contribution is -2.56. The van der Waals surface area contributed by atoms with E-state index >= 15 is 0 Å². The summed E-state index contributed by atoms with van der Waals surface area (Å²) in [4.78, 5) is 35.6. The number of carbonyl (C=O) groups excluding carboxylic acids is 2. The molecule has 0 aromatic heterocycles. The number of amides is 2. The molecule has 6 heteroatoms. The second-order valence-corrected chi connectivity index (χ2v) is 7.32. The molecule has 24 heavy (non-hydrogen) atoms. The second kappa shape index (κ2) is 9.04. The van der Waals surface area contributed by atoms with Crippen LogP contribution in [0.5, 0.6) is 0 Å². The number of nitrogens with one attached hydrogen (secondary N) is 2. The van der Waals surface area contributed by atoms with E-state index < -0.39 is 17.4 Å². The van der Waals surface area contributed by atoms with Crippen molar-refractivity contribution in [2.75, 3.05) is 6.54 Å². The first kappa shape index (κ1) is 18.7. The maximum Gasteiger partial charge on any atom is 0.329 e. The molecule has 0 atom stereocenters. The predicted octanol–water partition coefficient (Wildman–Crippen LogP) is 2.37. The molecule has 3 N–H and O–H groups in total. The maximum atomic E-state index is 12.1. The quantitative estimate of drug-likeness (QED) is 0.621. The summed E-state index contributed by atoms with van der Waals surface area (Å²) in [5, 5.41) is 14.8. The van der Waals surface area contributed by atoms with Crippen molar-refractivity contribution in [1.29, 1.82) is 0 Å². The van der Waals surface area contributed by atoms with Gasteiger partial charge in [0.25, 0.3) is 0 Å². The van der Waals surface area contributed by atoms with Gasteiger partial charge in [-0.15, -0.1) is 0 Å². The van der Waals surface area contributed by atoms with Gasteiger partial charge in [0.15, 0.2) is 0 Å². The standard InChI is InChI=1S/C18H30N2O4/c21-15(10-9-14-7-3-4-8-14)19-13-16(22)20-18(17(23)24)11-5-1-2-6-12-18/h14H,1-13H2,(H,19,21)(H,20,22)(H,23,24). The molecule has 136 valence electrons. The Kier molecular flexibility index (Phi) is 7.06. The van der Waals surface area contributed by atoms with Crippen LogP contribution in [0.4, 0.5) is 0 Å². The number of hydrogen-bond acceptors (Lipinski definition) is 3. The van der Waals surface area contributed by atoms with Crippen LogP contribution in [0.15, 0.2) is 0 Å². The van der Waals surface area contributed by atoms with Gasteiger partial charge in [-0.1, -0.05) is 51.4 Å². The van der Waals surface area contributed by atoms with E-state index in [9.17, 15) is 19.5 Å². The van der Waals surface area contributed by atoms with Crippen molar-refractivity contribution in [3.63, 3.8) is 0 Å². The van der Waals surface area contributed by atoms with E-state index in [-0.39, 0.29) is 12.5 Å². The maximum absolute atomic E-state index is 12.1. The van der Waals surface area contributed by atoms with Crippen LogP contribution >= 0.6 is 0 Å². The highest BCUT2D eigenvalue weighted by atomic mass is 16.4. The molecular weight excluding hydrogens is 308 g/mol. The Morgan fingerprint density at radius 1 is 0.917 bits per heavy atom. The van der Waals surface area contributed by atoms with E-state index in [2.05, 4.69) is 10.6 Å². The molecular formula is C18H30N2O4. The van der Waals surface area contributed by atoms with Crippen molar-refractivity contribution in [1.82, 2.24) is 10.6 Å². The topological polar surface area (TPSA) is 95.5 Å². The van der Waals surface area contributed by atoms with Gasteiger partial charge in [0.1, 0.15) is 5.54 Å². The Morgan fingerprint density at radius 3 is 2.12 bits per heavy atom. The fourth-order valence-electron chi connectivity index (χ4n) is 3.94. The Hall–Kier alpha value is -1.59. The largest absolute Gasteiger partial charge is 0.480 e. The summed E-state index contributed by atoms with van der Waals surface area (Å²) in [6, 6.07) is 0. The van der Waals surface area contributed by atoms with Gasteiger partial charge in [-0.25, -0.2) is 4.79 Å². The van der Waals surface area contributed by atoms with Crippen LogP contribution in [-0.4, -0.2) is 35.0 Å². The first-order valence-electron chi connectivity index (χ1n) is 9.33. The minimum absolute atomic E-state index is 0.123. The van der Waals surface area contributed by atoms with Gasteiger partial charge in [0.2, 0.25) is 11.8 Å². The van der Waals surface area contributed by atoms with Gasteiger partial charge in [0, 0.05) is 6.42 Å². The lowest BCUT2D eigenvalue weighted by molar-refractivity contribution is -0.148. The number of carboxylic acid groups (broad SMARTS) is 1. The number of carboxylic acids is 1. The van der Waals surface area contributed by atoms with Crippen LogP contribution in [-0.2, 0) is 14.4 Å². The van der Waals surface area contributed by atoms with Gasteiger partial charge in [-0.2, -0.15) is 0 Å². The third-order valence-electron chi connectivity index (χ3n) is 5.45. The third-order valence-corrected chi connectivity index (χ3v) is 5.45. The summed E-state index contributed by atoms with van der Waals surface area (Å²) in [7, 11) is 0. The molecule has 0 aliphatic heterocycles. The second-order valence-electron chi connectivity index (χ2n) is 7.32. The Labute approximate surface area is 143 Å². The number of hydrogen-bond donors (Lipinski definition) is 3. The third kappa shape index (κ3) is 5.49. The van der Waals surface area contributed by atoms with Crippen molar-refractivity contribution in [2.24, 2.45) is 5.92 Å². The Morgan fingerprint density at radius 2 is 1.54 bits per heavy atom. The molecule has 0 radical (unpaired) electrons. The van der Waals surface area contributed by atoms with E-state index in [4.69, 9.17) is 0 Å². The first-order chi connectivity index (χ1) is 11.5. The molecule has 2 aliphatic rings. The lowest BCUT2D eigenvalue weighted by atomic mass is 9.90. The number of carbonyl (C=O) groups is 3. The van der Waals surface area contributed by atoms with Crippen LogP contribution in [0.1, 0.15) is 77.0 Å². The highest BCUT2D eigenvalue weighted by Crippen LogP contribution is 2.28. The van der Waals surface area contributed by atoms with Gasteiger partial charge in [-0.3, -0.25) is 9.59 Å². The Bertz CT molecular complexity index is 450. The Balaban J connectivity index is 1.74. The fraction of sp³-hybridized carbons (Fsp3) is 0.833. The van der Waals surface area contributed by atoms with E-state index in [0.717, 1.165) is 32.1 Å². The average molecular weight is 338 g/mol. The normalized spacial score (nSPS) is 21.0. The molecule has 6 nitrogen and oxygen atoms in total. The molecule has 0 saturated heterocycles. The first-order valence-corrected chi connectivity index (χ1v) is 9.33. The molecule has 0 spiro atoms. The summed E-state index contributed by atoms with van der Waals surface area (Å²) >= 11 is 0. The van der Waals surface area contributed by atoms with E-state index in [1.165, 1.54) is 25.7 Å². The van der Waals surface area contributed by atoms with Gasteiger partial charge in [0.05, 0.1) is 6.54 Å². The van der Waals surface area contributed by atoms with Gasteiger partial charge < -0.3 is 15.7 Å². The van der Waals surface area contributed by atoms with Crippen LogP contribution in [0, 0.1) is 5.92 Å². The highest BCUT2D eigenvalue weighted by molar-refractivity contribution is 5.90. The predicted molar refractivity (Wildman–Crippen MR) is 90.4 cm³/mol. The minimum atomic E-state index is -1.16. The van der Waals surface area contributed by atoms with Gasteiger partial charge in [-0.05, 0) is 25.2 Å². The highest BCUT2D eigenvalue weighted by Gasteiger charge is 2.39. The van der Waals surface area contributed by atoms with Crippen LogP contribution < -0.4 is 10.6 Å². The number of rotatable bonds is 7. The van der Waals surface area contributed by atoms with Crippen molar-refractivity contribution < 1.29 is 19.5 Å². The SMILES string of the molecule is O=C(CCC1CCCC1)NCC(=O)NC1(C(=O)O)CCCCCC1. The fourth-order valence-corrected chi connectivity index (χ4v) is 3.94. The lowest BCUT2D eigenvalue weighted by Gasteiger charge is -2.29. The van der Waals surface area contributed by atoms with Crippen molar-refractivity contribution in [2.45, 2.75) is 82.6 Å². The molecule has 0 unspecified atom stereocenters. The molecule has 0 bridgehead atoms. The zero-order valence-electron chi connectivity index (χ0n) is 14.4. The zero-order chi connectivity index (χ0) is 17.4. The molecule has 2 fully saturated rings. The van der Waals surface area contributed by atoms with Crippen molar-refractivity contribution >= 4 is 17.8 Å². The molecule has 2 amide bonds.